The molecule has 2 heterocycles. The van der Waals surface area contributed by atoms with Crippen LogP contribution in [0.25, 0.3) is 10.6 Å². The molecule has 0 unspecified atom stereocenters. The second kappa shape index (κ2) is 3.40. The van der Waals surface area contributed by atoms with E-state index in [0.29, 0.717) is 0 Å². The molecule has 0 amide bonds. The molecule has 0 spiro atoms. The monoisotopic (exact) mass is 290 g/mol. The predicted octanol–water partition coefficient (Wildman–Crippen LogP) is 1.60. The highest BCUT2D eigenvalue weighted by Crippen LogP contribution is 2.22. The fourth-order valence-corrected chi connectivity index (χ4v) is 2.01. The van der Waals surface area contributed by atoms with Crippen LogP contribution in [0.4, 0.5) is 0 Å². The van der Waals surface area contributed by atoms with E-state index in [0.717, 1.165) is 13.6 Å². The van der Waals surface area contributed by atoms with Gasteiger partial charge in [0.15, 0.2) is 8.02 Å². The van der Waals surface area contributed by atoms with Crippen LogP contribution in [0.5, 0.6) is 0 Å². The highest BCUT2D eigenvalue weighted by atomic mass is 127. The number of nitrogens with zero attached hydrogens (tertiary/aromatic N) is 4. The summed E-state index contributed by atoms with van der Waals surface area (Å²) in [5, 5.41) is 8.72. The molecule has 0 atom stereocenters. The quantitative estimate of drug-likeness (QED) is 0.749. The molecule has 0 N–H and O–H groups in total. The van der Waals surface area contributed by atoms with E-state index in [4.69, 9.17) is 0 Å². The fourth-order valence-electron chi connectivity index (χ4n) is 0.732. The van der Waals surface area contributed by atoms with E-state index in [2.05, 4.69) is 42.8 Å². The van der Waals surface area contributed by atoms with Gasteiger partial charge in [0.25, 0.3) is 0 Å². The molecule has 4 nitrogen and oxygen atoms in total. The highest BCUT2D eigenvalue weighted by molar-refractivity contribution is 14.1. The maximum Gasteiger partial charge on any atom is 0.178 e. The average Bonchev–Trinajstić information content (AvgIpc) is 2.54. The average molecular weight is 290 g/mol. The molecule has 2 rings (SSSR count). The van der Waals surface area contributed by atoms with Gasteiger partial charge in [-0.05, 0) is 22.6 Å². The number of rotatable bonds is 1. The summed E-state index contributed by atoms with van der Waals surface area (Å²) in [6, 6.07) is 0. The molecular weight excluding hydrogens is 287 g/mol. The van der Waals surface area contributed by atoms with Gasteiger partial charge < -0.3 is 0 Å². The molecule has 0 fully saturated rings. The van der Waals surface area contributed by atoms with E-state index >= 15 is 0 Å². The van der Waals surface area contributed by atoms with Gasteiger partial charge in [-0.2, -0.15) is 0 Å². The van der Waals surface area contributed by atoms with E-state index in [1.165, 1.54) is 17.7 Å². The maximum absolute atomic E-state index is 3.97. The first kappa shape index (κ1) is 7.99. The van der Waals surface area contributed by atoms with Crippen LogP contribution < -0.4 is 0 Å². The summed E-state index contributed by atoms with van der Waals surface area (Å²) in [6.07, 6.45) is 4.95. The van der Waals surface area contributed by atoms with Crippen molar-refractivity contribution < 1.29 is 0 Å². The molecular formula is C6H3IN4S. The Labute approximate surface area is 86.2 Å². The molecule has 0 aliphatic carbocycles. The normalized spacial score (nSPS) is 10.1. The third kappa shape index (κ3) is 1.58. The summed E-state index contributed by atoms with van der Waals surface area (Å²) in [7, 11) is 0. The van der Waals surface area contributed by atoms with E-state index in [-0.39, 0.29) is 0 Å². The van der Waals surface area contributed by atoms with Crippen LogP contribution in [0.1, 0.15) is 0 Å². The van der Waals surface area contributed by atoms with Crippen LogP contribution in [-0.2, 0) is 0 Å². The molecule has 0 aliphatic rings. The van der Waals surface area contributed by atoms with Crippen molar-refractivity contribution in [1.82, 2.24) is 20.2 Å². The molecule has 0 radical (unpaired) electrons. The van der Waals surface area contributed by atoms with Gasteiger partial charge in [0.05, 0.1) is 0 Å². The van der Waals surface area contributed by atoms with Gasteiger partial charge in [0.2, 0.25) is 0 Å². The van der Waals surface area contributed by atoms with E-state index < -0.39 is 0 Å². The van der Waals surface area contributed by atoms with Crippen LogP contribution >= 0.6 is 33.9 Å². The smallest absolute Gasteiger partial charge is 0.178 e. The molecule has 0 aliphatic heterocycles. The minimum Gasteiger partial charge on any atom is -0.244 e. The SMILES string of the molecule is Ic1nnc(-c2cncnc2)s1. The summed E-state index contributed by atoms with van der Waals surface area (Å²) < 4.78 is 0.923. The van der Waals surface area contributed by atoms with Gasteiger partial charge >= 0.3 is 0 Å². The number of hydrogen-bond acceptors (Lipinski definition) is 5. The molecule has 6 heteroatoms. The van der Waals surface area contributed by atoms with Crippen LogP contribution in [0.2, 0.25) is 0 Å². The van der Waals surface area contributed by atoms with Gasteiger partial charge in [0.1, 0.15) is 6.33 Å². The third-order valence-electron chi connectivity index (χ3n) is 1.21. The third-order valence-corrected chi connectivity index (χ3v) is 2.85. The summed E-state index contributed by atoms with van der Waals surface area (Å²) in [5.74, 6) is 0. The second-order valence-electron chi connectivity index (χ2n) is 1.99. The summed E-state index contributed by atoms with van der Waals surface area (Å²) in [5.41, 5.74) is 0.915. The Morgan fingerprint density at radius 1 is 1.17 bits per heavy atom. The molecule has 0 saturated carbocycles. The van der Waals surface area contributed by atoms with E-state index in [1.54, 1.807) is 12.4 Å². The molecule has 60 valence electrons. The maximum atomic E-state index is 3.97. The molecule has 0 saturated heterocycles. The zero-order valence-corrected chi connectivity index (χ0v) is 8.78. The Morgan fingerprint density at radius 2 is 1.92 bits per heavy atom. The first-order chi connectivity index (χ1) is 5.86. The van der Waals surface area contributed by atoms with Crippen molar-refractivity contribution in [1.29, 1.82) is 0 Å². The van der Waals surface area contributed by atoms with Gasteiger partial charge in [-0.25, -0.2) is 9.97 Å². The zero-order chi connectivity index (χ0) is 8.39. The Kier molecular flexibility index (Phi) is 2.26. The van der Waals surface area contributed by atoms with Crippen LogP contribution in [0.15, 0.2) is 18.7 Å². The van der Waals surface area contributed by atoms with Gasteiger partial charge in [-0.15, -0.1) is 10.2 Å². The van der Waals surface area contributed by atoms with Crippen molar-refractivity contribution in [2.75, 3.05) is 0 Å². The van der Waals surface area contributed by atoms with Crippen molar-refractivity contribution in [3.8, 4) is 10.6 Å². The summed E-state index contributed by atoms with van der Waals surface area (Å²) in [4.78, 5) is 7.79. The minimum atomic E-state index is 0.861. The topological polar surface area (TPSA) is 51.6 Å². The lowest BCUT2D eigenvalue weighted by atomic mass is 10.4. The zero-order valence-electron chi connectivity index (χ0n) is 5.81. The van der Waals surface area contributed by atoms with Crippen LogP contribution in [0, 0.1) is 3.01 Å². The van der Waals surface area contributed by atoms with Gasteiger partial charge in [-0.1, -0.05) is 11.3 Å². The minimum absolute atomic E-state index is 0.861. The Balaban J connectivity index is 2.45. The first-order valence-corrected chi connectivity index (χ1v) is 5.00. The molecule has 2 aromatic rings. The number of aromatic nitrogens is 4. The Hall–Kier alpha value is -0.630. The summed E-state index contributed by atoms with van der Waals surface area (Å²) >= 11 is 3.66. The Morgan fingerprint density at radius 3 is 2.50 bits per heavy atom. The molecule has 2 aromatic heterocycles. The lowest BCUT2D eigenvalue weighted by molar-refractivity contribution is 1.07. The lowest BCUT2D eigenvalue weighted by Gasteiger charge is -1.89. The van der Waals surface area contributed by atoms with Crippen LogP contribution in [-0.4, -0.2) is 20.2 Å². The van der Waals surface area contributed by atoms with Crippen LogP contribution in [0.3, 0.4) is 0 Å². The van der Waals surface area contributed by atoms with Crippen molar-refractivity contribution in [3.63, 3.8) is 0 Å². The highest BCUT2D eigenvalue weighted by Gasteiger charge is 2.03. The molecule has 0 aromatic carbocycles. The van der Waals surface area contributed by atoms with Crippen molar-refractivity contribution in [3.05, 3.63) is 21.7 Å². The van der Waals surface area contributed by atoms with Crippen molar-refractivity contribution in [2.45, 2.75) is 0 Å². The predicted molar refractivity (Wildman–Crippen MR) is 53.7 cm³/mol. The lowest BCUT2D eigenvalue weighted by Crippen LogP contribution is -1.80. The number of hydrogen-bond donors (Lipinski definition) is 0. The van der Waals surface area contributed by atoms with E-state index in [9.17, 15) is 0 Å². The van der Waals surface area contributed by atoms with Gasteiger partial charge in [-0.3, -0.25) is 0 Å². The Bertz CT molecular complexity index is 374. The van der Waals surface area contributed by atoms with Crippen molar-refractivity contribution in [2.24, 2.45) is 0 Å². The second-order valence-corrected chi connectivity index (χ2v) is 4.72. The number of halogens is 1. The molecule has 12 heavy (non-hydrogen) atoms. The van der Waals surface area contributed by atoms with E-state index in [1.807, 2.05) is 0 Å². The molecule has 0 bridgehead atoms. The van der Waals surface area contributed by atoms with Crippen molar-refractivity contribution >= 4 is 33.9 Å². The first-order valence-electron chi connectivity index (χ1n) is 3.10. The fraction of sp³-hybridized carbons (Fsp3) is 0. The standard InChI is InChI=1S/C6H3IN4S/c7-6-11-10-5(12-6)4-1-8-3-9-2-4/h1-3H. The largest absolute Gasteiger partial charge is 0.244 e. The van der Waals surface area contributed by atoms with Gasteiger partial charge in [0, 0.05) is 18.0 Å². The summed E-state index contributed by atoms with van der Waals surface area (Å²) in [6.45, 7) is 0.